The van der Waals surface area contributed by atoms with Crippen LogP contribution in [0.25, 0.3) is 0 Å². The first-order valence-corrected chi connectivity index (χ1v) is 7.21. The normalized spacial score (nSPS) is 11.1. The molecule has 0 atom stereocenters. The molecule has 0 aliphatic carbocycles. The Morgan fingerprint density at radius 1 is 0.905 bits per heavy atom. The maximum atomic E-state index is 13.4. The van der Waals surface area contributed by atoms with E-state index in [0.717, 1.165) is 18.2 Å². The number of hydrogen-bond donors (Lipinski definition) is 2. The second kappa shape index (κ2) is 5.98. The lowest BCUT2D eigenvalue weighted by Crippen LogP contribution is -2.42. The fourth-order valence-corrected chi connectivity index (χ4v) is 2.41. The van der Waals surface area contributed by atoms with Crippen LogP contribution in [0.1, 0.15) is 10.4 Å². The van der Waals surface area contributed by atoms with Gasteiger partial charge in [0.1, 0.15) is 17.2 Å². The third-order valence-electron chi connectivity index (χ3n) is 2.54. The van der Waals surface area contributed by atoms with Crippen LogP contribution in [-0.4, -0.2) is 14.3 Å². The van der Waals surface area contributed by atoms with Gasteiger partial charge in [0.2, 0.25) is 0 Å². The van der Waals surface area contributed by atoms with Gasteiger partial charge in [0.15, 0.2) is 0 Å². The number of nitrogens with one attached hydrogen (secondary N) is 2. The zero-order valence-electron chi connectivity index (χ0n) is 10.5. The molecule has 0 saturated heterocycles. The molecule has 0 bridgehead atoms. The van der Waals surface area contributed by atoms with Crippen molar-refractivity contribution in [1.29, 1.82) is 0 Å². The van der Waals surface area contributed by atoms with Gasteiger partial charge in [0, 0.05) is 0 Å². The van der Waals surface area contributed by atoms with E-state index in [1.54, 1.807) is 16.3 Å². The van der Waals surface area contributed by atoms with Crippen LogP contribution in [0.4, 0.5) is 8.78 Å². The molecule has 0 aromatic heterocycles. The summed E-state index contributed by atoms with van der Waals surface area (Å²) in [5.74, 6) is -3.41. The minimum atomic E-state index is -4.02. The molecule has 21 heavy (non-hydrogen) atoms. The quantitative estimate of drug-likeness (QED) is 0.842. The molecule has 0 fully saturated rings. The lowest BCUT2D eigenvalue weighted by Gasteiger charge is -2.09. The fourth-order valence-electron chi connectivity index (χ4n) is 1.55. The van der Waals surface area contributed by atoms with Gasteiger partial charge in [-0.3, -0.25) is 10.2 Å². The van der Waals surface area contributed by atoms with Gasteiger partial charge in [-0.1, -0.05) is 24.3 Å². The molecule has 5 nitrogen and oxygen atoms in total. The molecule has 0 aliphatic heterocycles. The van der Waals surface area contributed by atoms with E-state index in [2.05, 4.69) is 0 Å². The average Bonchev–Trinajstić information content (AvgIpc) is 2.46. The molecule has 0 radical (unpaired) electrons. The lowest BCUT2D eigenvalue weighted by atomic mass is 10.2. The zero-order valence-corrected chi connectivity index (χ0v) is 11.3. The van der Waals surface area contributed by atoms with Crippen LogP contribution < -0.4 is 10.3 Å². The smallest absolute Gasteiger partial charge is 0.272 e. The Morgan fingerprint density at radius 2 is 1.48 bits per heavy atom. The number of carbonyl (C=O) groups excluding carboxylic acids is 1. The highest BCUT2D eigenvalue weighted by molar-refractivity contribution is 7.89. The van der Waals surface area contributed by atoms with Crippen molar-refractivity contribution in [3.63, 3.8) is 0 Å². The summed E-state index contributed by atoms with van der Waals surface area (Å²) in [7, 11) is -4.02. The van der Waals surface area contributed by atoms with Crippen LogP contribution in [0.2, 0.25) is 0 Å². The summed E-state index contributed by atoms with van der Waals surface area (Å²) in [6, 6.07) is 10.1. The van der Waals surface area contributed by atoms with Crippen LogP contribution >= 0.6 is 0 Å². The summed E-state index contributed by atoms with van der Waals surface area (Å²) in [6.45, 7) is 0. The highest BCUT2D eigenvalue weighted by Crippen LogP contribution is 2.12. The van der Waals surface area contributed by atoms with E-state index in [4.69, 9.17) is 0 Å². The molecule has 0 aliphatic rings. The van der Waals surface area contributed by atoms with Crippen molar-refractivity contribution in [2.75, 3.05) is 0 Å². The molecule has 0 heterocycles. The number of rotatable bonds is 4. The molecule has 0 spiro atoms. The van der Waals surface area contributed by atoms with E-state index < -0.39 is 33.1 Å². The number of hydrazine groups is 1. The van der Waals surface area contributed by atoms with E-state index in [-0.39, 0.29) is 4.90 Å². The molecule has 0 saturated carbocycles. The minimum absolute atomic E-state index is 0.0979. The van der Waals surface area contributed by atoms with Gasteiger partial charge in [0.25, 0.3) is 15.9 Å². The number of halogens is 2. The van der Waals surface area contributed by atoms with Crippen molar-refractivity contribution in [3.05, 3.63) is 65.7 Å². The number of carbonyl (C=O) groups is 1. The summed E-state index contributed by atoms with van der Waals surface area (Å²) in [5.41, 5.74) is 0.895. The average molecular weight is 312 g/mol. The van der Waals surface area contributed by atoms with Crippen molar-refractivity contribution < 1.29 is 22.0 Å². The van der Waals surface area contributed by atoms with Gasteiger partial charge < -0.3 is 0 Å². The molecular formula is C13H10F2N2O3S. The van der Waals surface area contributed by atoms with Gasteiger partial charge >= 0.3 is 0 Å². The first kappa shape index (κ1) is 15.1. The highest BCUT2D eigenvalue weighted by Gasteiger charge is 2.20. The zero-order chi connectivity index (χ0) is 15.5. The van der Waals surface area contributed by atoms with Crippen LogP contribution in [-0.2, 0) is 10.0 Å². The number of benzene rings is 2. The van der Waals surface area contributed by atoms with Crippen LogP contribution in [0.5, 0.6) is 0 Å². The second-order valence-electron chi connectivity index (χ2n) is 3.97. The number of amides is 1. The summed E-state index contributed by atoms with van der Waals surface area (Å²) >= 11 is 0. The summed E-state index contributed by atoms with van der Waals surface area (Å²) in [5, 5.41) is 0. The van der Waals surface area contributed by atoms with Gasteiger partial charge in [0.05, 0.1) is 4.90 Å². The van der Waals surface area contributed by atoms with Crippen LogP contribution in [0, 0.1) is 11.6 Å². The monoisotopic (exact) mass is 312 g/mol. The third-order valence-corrected chi connectivity index (χ3v) is 3.81. The molecule has 0 unspecified atom stereocenters. The summed E-state index contributed by atoms with van der Waals surface area (Å²) in [6.07, 6.45) is 0. The van der Waals surface area contributed by atoms with Crippen molar-refractivity contribution in [3.8, 4) is 0 Å². The standard InChI is InChI=1S/C13H10F2N2O3S/c14-10-7-4-8-11(15)12(10)13(18)16-17-21(19,20)9-5-2-1-3-6-9/h1-8,17H,(H,16,18). The van der Waals surface area contributed by atoms with Gasteiger partial charge in [-0.2, -0.15) is 0 Å². The van der Waals surface area contributed by atoms with E-state index in [9.17, 15) is 22.0 Å². The number of sulfonamides is 1. The molecule has 1 amide bonds. The van der Waals surface area contributed by atoms with E-state index in [1.807, 2.05) is 0 Å². The van der Waals surface area contributed by atoms with E-state index in [1.165, 1.54) is 24.3 Å². The van der Waals surface area contributed by atoms with Crippen LogP contribution in [0.3, 0.4) is 0 Å². The van der Waals surface area contributed by atoms with Crippen molar-refractivity contribution in [2.24, 2.45) is 0 Å². The summed E-state index contributed by atoms with van der Waals surface area (Å²) in [4.78, 5) is 13.3. The Hall–Kier alpha value is -2.32. The molecule has 2 rings (SSSR count). The van der Waals surface area contributed by atoms with E-state index >= 15 is 0 Å². The van der Waals surface area contributed by atoms with Gasteiger partial charge in [-0.15, -0.1) is 4.83 Å². The fraction of sp³-hybridized carbons (Fsp3) is 0. The Bertz CT molecular complexity index is 744. The lowest BCUT2D eigenvalue weighted by molar-refractivity contribution is 0.0936. The largest absolute Gasteiger partial charge is 0.273 e. The Kier molecular flexibility index (Phi) is 4.29. The maximum absolute atomic E-state index is 13.4. The van der Waals surface area contributed by atoms with Crippen molar-refractivity contribution >= 4 is 15.9 Å². The molecule has 2 aromatic rings. The number of hydrogen-bond acceptors (Lipinski definition) is 3. The first-order valence-electron chi connectivity index (χ1n) is 5.73. The Labute approximate surface area is 119 Å². The predicted octanol–water partition coefficient (Wildman–Crippen LogP) is 1.59. The SMILES string of the molecule is O=C(NNS(=O)(=O)c1ccccc1)c1c(F)cccc1F. The predicted molar refractivity (Wildman–Crippen MR) is 70.6 cm³/mol. The molecular weight excluding hydrogens is 302 g/mol. The van der Waals surface area contributed by atoms with Crippen LogP contribution in [0.15, 0.2) is 53.4 Å². The van der Waals surface area contributed by atoms with E-state index in [0.29, 0.717) is 0 Å². The van der Waals surface area contributed by atoms with Crippen molar-refractivity contribution in [2.45, 2.75) is 4.90 Å². The van der Waals surface area contributed by atoms with Gasteiger partial charge in [-0.25, -0.2) is 17.2 Å². The Balaban J connectivity index is 2.15. The Morgan fingerprint density at radius 3 is 2.05 bits per heavy atom. The molecule has 110 valence electrons. The summed E-state index contributed by atoms with van der Waals surface area (Å²) < 4.78 is 50.4. The topological polar surface area (TPSA) is 75.3 Å². The molecule has 2 aromatic carbocycles. The van der Waals surface area contributed by atoms with Gasteiger partial charge in [-0.05, 0) is 24.3 Å². The third kappa shape index (κ3) is 3.41. The maximum Gasteiger partial charge on any atom is 0.272 e. The first-order chi connectivity index (χ1) is 9.92. The van der Waals surface area contributed by atoms with Crippen molar-refractivity contribution in [1.82, 2.24) is 10.3 Å². The molecule has 2 N–H and O–H groups in total. The minimum Gasteiger partial charge on any atom is -0.273 e. The molecule has 8 heteroatoms. The second-order valence-corrected chi connectivity index (χ2v) is 5.65. The highest BCUT2D eigenvalue weighted by atomic mass is 32.2.